The molecule has 0 bridgehead atoms. The van der Waals surface area contributed by atoms with Gasteiger partial charge in [-0.25, -0.2) is 18.6 Å². The van der Waals surface area contributed by atoms with Crippen molar-refractivity contribution in [2.45, 2.75) is 6.92 Å². The quantitative estimate of drug-likeness (QED) is 0.227. The number of benzene rings is 2. The molecule has 2 aromatic carbocycles. The molecule has 12 heteroatoms. The Morgan fingerprint density at radius 1 is 1.05 bits per heavy atom. The lowest BCUT2D eigenvalue weighted by molar-refractivity contribution is -0.119. The van der Waals surface area contributed by atoms with E-state index in [1.807, 2.05) is 0 Å². The van der Waals surface area contributed by atoms with Gasteiger partial charge in [-0.2, -0.15) is 5.10 Å². The number of ether oxygens (including phenoxy) is 3. The van der Waals surface area contributed by atoms with Crippen LogP contribution in [0.3, 0.4) is 0 Å². The van der Waals surface area contributed by atoms with Crippen molar-refractivity contribution in [3.63, 3.8) is 0 Å². The van der Waals surface area contributed by atoms with Gasteiger partial charge in [-0.3, -0.25) is 9.10 Å². The number of nitrogens with one attached hydrogen (secondary N) is 1. The number of anilines is 1. The Labute approximate surface area is 214 Å². The van der Waals surface area contributed by atoms with Crippen LogP contribution in [0.2, 0.25) is 0 Å². The first kappa shape index (κ1) is 27.3. The summed E-state index contributed by atoms with van der Waals surface area (Å²) in [5.74, 6) is 0.479. The zero-order valence-electron chi connectivity index (χ0n) is 20.8. The number of rotatable bonds is 11. The third-order valence-corrected chi connectivity index (χ3v) is 6.16. The van der Waals surface area contributed by atoms with Crippen LogP contribution in [0.1, 0.15) is 23.0 Å². The zero-order chi connectivity index (χ0) is 27.0. The number of furan rings is 1. The van der Waals surface area contributed by atoms with Gasteiger partial charge >= 0.3 is 5.97 Å². The minimum absolute atomic E-state index is 0.176. The van der Waals surface area contributed by atoms with Crippen LogP contribution in [0.4, 0.5) is 5.69 Å². The first-order valence-electron chi connectivity index (χ1n) is 11.0. The fourth-order valence-electron chi connectivity index (χ4n) is 3.27. The van der Waals surface area contributed by atoms with Crippen molar-refractivity contribution in [1.82, 2.24) is 5.43 Å². The van der Waals surface area contributed by atoms with Gasteiger partial charge in [0.15, 0.2) is 0 Å². The number of methoxy groups -OCH3 is 2. The van der Waals surface area contributed by atoms with Gasteiger partial charge in [0.25, 0.3) is 5.91 Å². The molecule has 37 heavy (non-hydrogen) atoms. The van der Waals surface area contributed by atoms with E-state index in [0.717, 1.165) is 16.1 Å². The van der Waals surface area contributed by atoms with Crippen LogP contribution in [-0.2, 0) is 19.6 Å². The standard InChI is InChI=1S/C25H27N3O8S/c1-5-35-25(30)18-8-6-17(7-9-18)22-13-11-20(36-22)15-26-27-24(29)16-28(37(4,31)32)21-12-10-19(33-2)14-23(21)34-3/h6-15H,5,16H2,1-4H3,(H,27,29)/b26-15-. The summed E-state index contributed by atoms with van der Waals surface area (Å²) in [4.78, 5) is 24.3. The zero-order valence-corrected chi connectivity index (χ0v) is 21.6. The first-order valence-corrected chi connectivity index (χ1v) is 12.9. The predicted octanol–water partition coefficient (Wildman–Crippen LogP) is 3.06. The van der Waals surface area contributed by atoms with E-state index in [9.17, 15) is 18.0 Å². The van der Waals surface area contributed by atoms with Crippen molar-refractivity contribution in [1.29, 1.82) is 0 Å². The smallest absolute Gasteiger partial charge is 0.338 e. The minimum atomic E-state index is -3.83. The summed E-state index contributed by atoms with van der Waals surface area (Å²) in [6.07, 6.45) is 2.27. The SMILES string of the molecule is CCOC(=O)c1ccc(-c2ccc(/C=N\NC(=O)CN(c3ccc(OC)cc3OC)S(C)(=O)=O)o2)cc1. The molecule has 0 aliphatic heterocycles. The van der Waals surface area contributed by atoms with Crippen molar-refractivity contribution in [3.8, 4) is 22.8 Å². The van der Waals surface area contributed by atoms with Crippen molar-refractivity contribution in [2.75, 3.05) is 37.9 Å². The molecule has 0 radical (unpaired) electrons. The third-order valence-electron chi connectivity index (χ3n) is 5.03. The summed E-state index contributed by atoms with van der Waals surface area (Å²) in [6.45, 7) is 1.50. The topological polar surface area (TPSA) is 137 Å². The van der Waals surface area contributed by atoms with Crippen molar-refractivity contribution in [3.05, 3.63) is 65.9 Å². The molecule has 0 saturated heterocycles. The lowest BCUT2D eigenvalue weighted by Gasteiger charge is -2.23. The Hall–Kier alpha value is -4.32. The highest BCUT2D eigenvalue weighted by Crippen LogP contribution is 2.33. The maximum absolute atomic E-state index is 12.5. The summed E-state index contributed by atoms with van der Waals surface area (Å²) in [5, 5.41) is 3.85. The normalized spacial score (nSPS) is 11.2. The van der Waals surface area contributed by atoms with Crippen LogP contribution in [0.15, 0.2) is 64.1 Å². The van der Waals surface area contributed by atoms with E-state index in [4.69, 9.17) is 18.6 Å². The summed E-state index contributed by atoms with van der Waals surface area (Å²) >= 11 is 0. The maximum atomic E-state index is 12.5. The summed E-state index contributed by atoms with van der Waals surface area (Å²) in [7, 11) is -0.975. The number of esters is 1. The number of hydrogen-bond acceptors (Lipinski definition) is 9. The average Bonchev–Trinajstić information content (AvgIpc) is 3.35. The van der Waals surface area contributed by atoms with E-state index in [1.165, 1.54) is 32.6 Å². The molecule has 0 saturated carbocycles. The van der Waals surface area contributed by atoms with Gasteiger partial charge < -0.3 is 18.6 Å². The molecule has 1 heterocycles. The second kappa shape index (κ2) is 12.1. The van der Waals surface area contributed by atoms with Crippen LogP contribution in [-0.4, -0.2) is 60.1 Å². The van der Waals surface area contributed by atoms with Gasteiger partial charge in [-0.05, 0) is 43.3 Å². The molecule has 0 aliphatic carbocycles. The number of amides is 1. The molecule has 196 valence electrons. The molecule has 0 spiro atoms. The summed E-state index contributed by atoms with van der Waals surface area (Å²) in [5.41, 5.74) is 3.63. The van der Waals surface area contributed by atoms with E-state index in [0.29, 0.717) is 29.4 Å². The molecule has 0 atom stereocenters. The molecular weight excluding hydrogens is 502 g/mol. The number of carbonyl (C=O) groups excluding carboxylic acids is 2. The average molecular weight is 530 g/mol. The fourth-order valence-corrected chi connectivity index (χ4v) is 4.13. The highest BCUT2D eigenvalue weighted by Gasteiger charge is 2.24. The van der Waals surface area contributed by atoms with E-state index < -0.39 is 28.4 Å². The largest absolute Gasteiger partial charge is 0.497 e. The Kier molecular flexibility index (Phi) is 8.90. The van der Waals surface area contributed by atoms with E-state index in [2.05, 4.69) is 10.5 Å². The summed E-state index contributed by atoms with van der Waals surface area (Å²) in [6, 6.07) is 14.6. The third kappa shape index (κ3) is 7.10. The van der Waals surface area contributed by atoms with Crippen molar-refractivity contribution < 1.29 is 36.6 Å². The fraction of sp³-hybridized carbons (Fsp3) is 0.240. The maximum Gasteiger partial charge on any atom is 0.338 e. The highest BCUT2D eigenvalue weighted by atomic mass is 32.2. The van der Waals surface area contributed by atoms with E-state index in [-0.39, 0.29) is 11.4 Å². The Bertz CT molecular complexity index is 1380. The van der Waals surface area contributed by atoms with Crippen LogP contribution in [0, 0.1) is 0 Å². The lowest BCUT2D eigenvalue weighted by atomic mass is 10.1. The molecule has 0 aliphatic rings. The van der Waals surface area contributed by atoms with Crippen LogP contribution in [0.5, 0.6) is 11.5 Å². The predicted molar refractivity (Wildman–Crippen MR) is 138 cm³/mol. The molecule has 0 fully saturated rings. The molecule has 1 amide bonds. The monoisotopic (exact) mass is 529 g/mol. The van der Waals surface area contributed by atoms with Crippen molar-refractivity contribution in [2.24, 2.45) is 5.10 Å². The summed E-state index contributed by atoms with van der Waals surface area (Å²) < 4.78 is 46.8. The van der Waals surface area contributed by atoms with Gasteiger partial charge in [0.1, 0.15) is 29.6 Å². The molecule has 1 aromatic heterocycles. The van der Waals surface area contributed by atoms with Gasteiger partial charge in [0.2, 0.25) is 10.0 Å². The minimum Gasteiger partial charge on any atom is -0.497 e. The number of sulfonamides is 1. The van der Waals surface area contributed by atoms with Gasteiger partial charge in [0.05, 0.1) is 44.5 Å². The molecule has 3 rings (SSSR count). The number of hydrogen-bond donors (Lipinski definition) is 1. The van der Waals surface area contributed by atoms with E-state index in [1.54, 1.807) is 49.4 Å². The molecule has 0 unspecified atom stereocenters. The second-order valence-electron chi connectivity index (χ2n) is 7.60. The van der Waals surface area contributed by atoms with Crippen LogP contribution >= 0.6 is 0 Å². The van der Waals surface area contributed by atoms with Crippen molar-refractivity contribution >= 4 is 33.8 Å². The number of carbonyl (C=O) groups is 2. The highest BCUT2D eigenvalue weighted by molar-refractivity contribution is 7.92. The Morgan fingerprint density at radius 2 is 1.78 bits per heavy atom. The second-order valence-corrected chi connectivity index (χ2v) is 9.51. The molecular formula is C25H27N3O8S. The number of nitrogens with zero attached hydrogens (tertiary/aromatic N) is 2. The molecule has 3 aromatic rings. The molecule has 11 nitrogen and oxygen atoms in total. The van der Waals surface area contributed by atoms with Gasteiger partial charge in [-0.1, -0.05) is 12.1 Å². The van der Waals surface area contributed by atoms with E-state index >= 15 is 0 Å². The first-order chi connectivity index (χ1) is 17.7. The molecule has 1 N–H and O–H groups in total. The Morgan fingerprint density at radius 3 is 2.41 bits per heavy atom. The van der Waals surface area contributed by atoms with Gasteiger partial charge in [0, 0.05) is 11.6 Å². The van der Waals surface area contributed by atoms with Crippen LogP contribution in [0.25, 0.3) is 11.3 Å². The van der Waals surface area contributed by atoms with Crippen LogP contribution < -0.4 is 19.2 Å². The Balaban J connectivity index is 1.66. The lowest BCUT2D eigenvalue weighted by Crippen LogP contribution is -2.39. The van der Waals surface area contributed by atoms with Gasteiger partial charge in [-0.15, -0.1) is 0 Å². The number of hydrazone groups is 1.